The Kier molecular flexibility index (Phi) is 55.7. The van der Waals surface area contributed by atoms with E-state index in [4.69, 9.17) is 13.8 Å². The average molecular weight is 1100 g/mol. The molecule has 2 N–H and O–H groups in total. The van der Waals surface area contributed by atoms with E-state index >= 15 is 0 Å². The number of quaternary nitrogens is 1. The molecule has 0 rings (SSSR count). The highest BCUT2D eigenvalue weighted by Gasteiger charge is 2.30. The van der Waals surface area contributed by atoms with Crippen molar-refractivity contribution in [3.05, 3.63) is 48.6 Å². The van der Waals surface area contributed by atoms with Crippen LogP contribution in [-0.2, 0) is 27.9 Å². The van der Waals surface area contributed by atoms with Gasteiger partial charge in [-0.1, -0.05) is 282 Å². The highest BCUT2D eigenvalue weighted by molar-refractivity contribution is 7.47. The van der Waals surface area contributed by atoms with Crippen LogP contribution in [0.25, 0.3) is 0 Å². The fourth-order valence-electron chi connectivity index (χ4n) is 9.65. The number of carbonyl (C=O) groups is 2. The van der Waals surface area contributed by atoms with Gasteiger partial charge in [0.2, 0.25) is 5.91 Å². The lowest BCUT2D eigenvalue weighted by molar-refractivity contribution is -0.870. The lowest BCUT2D eigenvalue weighted by atomic mass is 10.0. The Balaban J connectivity index is 5.11. The van der Waals surface area contributed by atoms with Gasteiger partial charge < -0.3 is 19.4 Å². The van der Waals surface area contributed by atoms with Crippen molar-refractivity contribution >= 4 is 19.7 Å². The van der Waals surface area contributed by atoms with Crippen LogP contribution in [0.3, 0.4) is 0 Å². The first-order valence-corrected chi connectivity index (χ1v) is 34.5. The van der Waals surface area contributed by atoms with E-state index < -0.39 is 20.0 Å². The van der Waals surface area contributed by atoms with Crippen LogP contribution in [0.2, 0.25) is 0 Å². The molecule has 0 aliphatic heterocycles. The molecule has 9 nitrogen and oxygen atoms in total. The predicted molar refractivity (Wildman–Crippen MR) is 332 cm³/mol. The van der Waals surface area contributed by atoms with Gasteiger partial charge in [0.1, 0.15) is 19.3 Å². The van der Waals surface area contributed by atoms with Crippen molar-refractivity contribution in [1.29, 1.82) is 0 Å². The number of phosphoric acid groups is 1. The zero-order valence-electron chi connectivity index (χ0n) is 51.7. The number of allylic oxidation sites excluding steroid dienone is 7. The summed E-state index contributed by atoms with van der Waals surface area (Å²) in [5.41, 5.74) is 0. The smallest absolute Gasteiger partial charge is 0.456 e. The summed E-state index contributed by atoms with van der Waals surface area (Å²) in [6.07, 6.45) is 71.1. The molecule has 0 aliphatic rings. The number of amides is 1. The van der Waals surface area contributed by atoms with Crippen LogP contribution in [0.15, 0.2) is 48.6 Å². The summed E-state index contributed by atoms with van der Waals surface area (Å²) >= 11 is 0. The first-order valence-electron chi connectivity index (χ1n) is 33.0. The van der Waals surface area contributed by atoms with Crippen LogP contribution < -0.4 is 5.32 Å². The van der Waals surface area contributed by atoms with E-state index in [1.54, 1.807) is 0 Å². The SMILES string of the molecule is CCCCC/C=C\C/C=C\C/C=C\CCCCCCCCCCCCC(=O)OC(/C=C/CCCCCCCCCCC)C(COP(=O)(O)OCC[N+](C)(C)C)NC(=O)CCCCCCCCCCCCCCCCCCC. The zero-order valence-corrected chi connectivity index (χ0v) is 52.6. The van der Waals surface area contributed by atoms with Crippen molar-refractivity contribution in [3.8, 4) is 0 Å². The third kappa shape index (κ3) is 58.4. The van der Waals surface area contributed by atoms with Gasteiger partial charge in [0.15, 0.2) is 0 Å². The van der Waals surface area contributed by atoms with Crippen LogP contribution in [-0.4, -0.2) is 74.3 Å². The number of nitrogens with one attached hydrogen (secondary N) is 1. The van der Waals surface area contributed by atoms with Crippen molar-refractivity contribution in [2.45, 2.75) is 328 Å². The molecule has 0 heterocycles. The van der Waals surface area contributed by atoms with Crippen LogP contribution in [0, 0.1) is 0 Å². The van der Waals surface area contributed by atoms with Crippen LogP contribution >= 0.6 is 7.82 Å². The maximum Gasteiger partial charge on any atom is 0.472 e. The molecule has 0 radical (unpaired) electrons. The van der Waals surface area contributed by atoms with Gasteiger partial charge in [-0.25, -0.2) is 4.57 Å². The van der Waals surface area contributed by atoms with Crippen molar-refractivity contribution in [1.82, 2.24) is 5.32 Å². The van der Waals surface area contributed by atoms with Gasteiger partial charge >= 0.3 is 13.8 Å². The molecule has 0 aromatic heterocycles. The Labute approximate surface area is 478 Å². The molecule has 452 valence electrons. The topological polar surface area (TPSA) is 111 Å². The van der Waals surface area contributed by atoms with E-state index in [0.29, 0.717) is 17.4 Å². The van der Waals surface area contributed by atoms with Gasteiger partial charge in [-0.15, -0.1) is 0 Å². The number of rotatable bonds is 60. The van der Waals surface area contributed by atoms with E-state index in [2.05, 4.69) is 62.5 Å². The number of likely N-dealkylation sites (N-methyl/N-ethyl adjacent to an activating group) is 1. The van der Waals surface area contributed by atoms with Gasteiger partial charge in [-0.3, -0.25) is 18.6 Å². The summed E-state index contributed by atoms with van der Waals surface area (Å²) < 4.78 is 30.7. The molecule has 10 heteroatoms. The highest BCUT2D eigenvalue weighted by atomic mass is 31.2. The number of hydrogen-bond acceptors (Lipinski definition) is 6. The molecular formula is C67H128N2O7P+. The second-order valence-electron chi connectivity index (χ2n) is 23.6. The van der Waals surface area contributed by atoms with Gasteiger partial charge in [0.05, 0.1) is 33.8 Å². The Morgan fingerprint density at radius 2 is 0.792 bits per heavy atom. The van der Waals surface area contributed by atoms with Crippen molar-refractivity contribution in [2.24, 2.45) is 0 Å². The zero-order chi connectivity index (χ0) is 56.4. The molecule has 0 fully saturated rings. The largest absolute Gasteiger partial charge is 0.472 e. The third-order valence-corrected chi connectivity index (χ3v) is 15.8. The third-order valence-electron chi connectivity index (χ3n) is 14.8. The van der Waals surface area contributed by atoms with Crippen LogP contribution in [0.5, 0.6) is 0 Å². The molecule has 0 aromatic carbocycles. The fourth-order valence-corrected chi connectivity index (χ4v) is 10.4. The van der Waals surface area contributed by atoms with Gasteiger partial charge in [0, 0.05) is 12.8 Å². The van der Waals surface area contributed by atoms with E-state index in [9.17, 15) is 19.0 Å². The highest BCUT2D eigenvalue weighted by Crippen LogP contribution is 2.43. The van der Waals surface area contributed by atoms with E-state index in [-0.39, 0.29) is 31.5 Å². The van der Waals surface area contributed by atoms with Crippen molar-refractivity contribution in [3.63, 3.8) is 0 Å². The number of unbranched alkanes of at least 4 members (excludes halogenated alkanes) is 38. The van der Waals surface area contributed by atoms with Crippen molar-refractivity contribution < 1.29 is 37.3 Å². The standard InChI is InChI=1S/C67H127N2O7P/c1-7-10-13-16-19-22-25-27-29-31-32-33-34-35-36-38-40-42-45-48-51-54-57-60-67(71)76-65(58-55-52-49-46-43-24-21-18-15-12-9-3)64(63-75-77(72,73)74-62-61-69(4,5)6)68-66(70)59-56-53-50-47-44-41-39-37-30-28-26-23-20-17-14-11-8-2/h19,22,27,29,32-33,55,58,64-65H,7-18,20-21,23-26,28,30-31,34-54,56-57,59-63H2,1-6H3,(H-,68,70,72,73)/p+1/b22-19-,29-27-,33-32-,58-55+. The number of esters is 1. The molecule has 77 heavy (non-hydrogen) atoms. The summed E-state index contributed by atoms with van der Waals surface area (Å²) in [4.78, 5) is 37.8. The summed E-state index contributed by atoms with van der Waals surface area (Å²) in [6.45, 7) is 7.02. The molecule has 3 atom stereocenters. The molecule has 1 amide bonds. The maximum atomic E-state index is 13.6. The molecule has 0 aromatic rings. The molecular weight excluding hydrogens is 976 g/mol. The number of hydrogen-bond donors (Lipinski definition) is 2. The average Bonchev–Trinajstić information content (AvgIpc) is 3.39. The second-order valence-corrected chi connectivity index (χ2v) is 25.1. The summed E-state index contributed by atoms with van der Waals surface area (Å²) in [7, 11) is 1.50. The monoisotopic (exact) mass is 1100 g/mol. The summed E-state index contributed by atoms with van der Waals surface area (Å²) in [5, 5.41) is 3.06. The number of phosphoric ester groups is 1. The van der Waals surface area contributed by atoms with Gasteiger partial charge in [0.25, 0.3) is 0 Å². The summed E-state index contributed by atoms with van der Waals surface area (Å²) in [6, 6.07) is -0.847. The Hall–Kier alpha value is -2.03. The Morgan fingerprint density at radius 1 is 0.455 bits per heavy atom. The van der Waals surface area contributed by atoms with E-state index in [1.165, 1.54) is 212 Å². The number of ether oxygens (including phenoxy) is 1. The lowest BCUT2D eigenvalue weighted by Crippen LogP contribution is -2.47. The van der Waals surface area contributed by atoms with Gasteiger partial charge in [-0.2, -0.15) is 0 Å². The van der Waals surface area contributed by atoms with Gasteiger partial charge in [-0.05, 0) is 70.3 Å². The molecule has 0 saturated carbocycles. The Bertz CT molecular complexity index is 1460. The normalized spacial score (nSPS) is 13.9. The molecule has 0 saturated heterocycles. The fraction of sp³-hybridized carbons (Fsp3) is 0.851. The minimum atomic E-state index is -4.45. The number of carbonyl (C=O) groups excluding carboxylic acids is 2. The predicted octanol–water partition coefficient (Wildman–Crippen LogP) is 20.5. The first kappa shape index (κ1) is 75.0. The number of nitrogens with zero attached hydrogens (tertiary/aromatic N) is 1. The molecule has 0 aliphatic carbocycles. The molecule has 0 bridgehead atoms. The maximum absolute atomic E-state index is 13.6. The van der Waals surface area contributed by atoms with E-state index in [0.717, 1.165) is 70.6 Å². The minimum absolute atomic E-state index is 0.0411. The second kappa shape index (κ2) is 57.2. The molecule has 3 unspecified atom stereocenters. The lowest BCUT2D eigenvalue weighted by Gasteiger charge is -2.27. The minimum Gasteiger partial charge on any atom is -0.456 e. The van der Waals surface area contributed by atoms with Crippen LogP contribution in [0.1, 0.15) is 316 Å². The molecule has 0 spiro atoms. The quantitative estimate of drug-likeness (QED) is 0.0205. The first-order chi connectivity index (χ1) is 37.4. The van der Waals surface area contributed by atoms with Crippen LogP contribution in [0.4, 0.5) is 0 Å². The Morgan fingerprint density at radius 3 is 1.21 bits per heavy atom. The van der Waals surface area contributed by atoms with Crippen molar-refractivity contribution in [2.75, 3.05) is 40.9 Å². The summed E-state index contributed by atoms with van der Waals surface area (Å²) in [5.74, 6) is -0.497. The van der Waals surface area contributed by atoms with E-state index in [1.807, 2.05) is 33.3 Å².